The van der Waals surface area contributed by atoms with Gasteiger partial charge in [-0.15, -0.1) is 0 Å². The van der Waals surface area contributed by atoms with Gasteiger partial charge in [-0.05, 0) is 128 Å². The quantitative estimate of drug-likeness (QED) is 0.0733. The molecule has 0 spiro atoms. The van der Waals surface area contributed by atoms with Crippen molar-refractivity contribution in [2.45, 2.75) is 13.8 Å². The van der Waals surface area contributed by atoms with Gasteiger partial charge in [-0.1, -0.05) is 77.9 Å². The van der Waals surface area contributed by atoms with Gasteiger partial charge in [0.2, 0.25) is 0 Å². The molecule has 0 heterocycles. The summed E-state index contributed by atoms with van der Waals surface area (Å²) in [4.78, 5) is 0. The molecule has 2 aliphatic rings. The van der Waals surface area contributed by atoms with E-state index in [1.807, 2.05) is 133 Å². The summed E-state index contributed by atoms with van der Waals surface area (Å²) in [5.41, 5.74) is 13.7. The van der Waals surface area contributed by atoms with E-state index < -0.39 is 6.02 Å². The number of aliphatic hydroxyl groups excluding tert-OH is 1. The summed E-state index contributed by atoms with van der Waals surface area (Å²) in [6, 6.07) is 27.9. The predicted octanol–water partition coefficient (Wildman–Crippen LogP) is 6.90. The van der Waals surface area contributed by atoms with Crippen LogP contribution in [0.15, 0.2) is 105 Å². The van der Waals surface area contributed by atoms with Crippen LogP contribution < -0.4 is 11.5 Å². The summed E-state index contributed by atoms with van der Waals surface area (Å²) >= 11 is 4.64. The van der Waals surface area contributed by atoms with Crippen LogP contribution in [-0.2, 0) is 34.3 Å². The summed E-state index contributed by atoms with van der Waals surface area (Å²) in [7, 11) is 0. The van der Waals surface area contributed by atoms with Crippen LogP contribution in [0, 0.1) is 64.2 Å². The molecule has 0 amide bonds. The molecule has 5 N–H and O–H groups in total. The molecule has 0 aromatic heterocycles. The first-order chi connectivity index (χ1) is 21.3. The van der Waals surface area contributed by atoms with Crippen LogP contribution in [0.25, 0.3) is 21.5 Å². The average Bonchev–Trinajstić information content (AvgIpc) is 3.83. The molecule has 0 aliphatic heterocycles. The number of amidine groups is 2. The fourth-order valence-corrected chi connectivity index (χ4v) is 3.88. The van der Waals surface area contributed by atoms with Crippen molar-refractivity contribution in [2.75, 3.05) is 0 Å². The molecule has 7 nitrogen and oxygen atoms in total. The molecule has 9 heteroatoms. The third-order valence-electron chi connectivity index (χ3n) is 6.05. The molecule has 0 bridgehead atoms. The number of nitrogens with two attached hydrogens (primary N) is 2. The van der Waals surface area contributed by atoms with Gasteiger partial charge in [0.1, 0.15) is 0 Å². The number of fused-ring (bicyclic) bond motifs is 2. The minimum absolute atomic E-state index is 0. The van der Waals surface area contributed by atoms with E-state index in [1.165, 1.54) is 16.2 Å². The van der Waals surface area contributed by atoms with Crippen LogP contribution in [0.4, 0.5) is 0 Å². The minimum atomic E-state index is -0.537. The number of hydrogen-bond acceptors (Lipinski definition) is 5. The zero-order chi connectivity index (χ0) is 31.6. The van der Waals surface area contributed by atoms with Crippen LogP contribution in [0.2, 0.25) is 0 Å². The minimum Gasteiger partial charge on any atom is -0.741 e. The smallest absolute Gasteiger partial charge is 0.741 e. The maximum atomic E-state index is 8.74. The molecule has 6 rings (SSSR count). The topological polar surface area (TPSA) is 122 Å². The van der Waals surface area contributed by atoms with E-state index in [9.17, 15) is 0 Å². The monoisotopic (exact) mass is 647 g/mol. The Bertz CT molecular complexity index is 1450. The zero-order valence-corrected chi connectivity index (χ0v) is 27.5. The van der Waals surface area contributed by atoms with Crippen LogP contribution >= 0.6 is 0 Å². The molecule has 0 saturated heterocycles. The van der Waals surface area contributed by atoms with Gasteiger partial charge in [-0.3, -0.25) is 0 Å². The Balaban J connectivity index is 0.000000235. The van der Waals surface area contributed by atoms with E-state index in [4.69, 9.17) is 16.6 Å². The number of rotatable bonds is 4. The van der Waals surface area contributed by atoms with Crippen molar-refractivity contribution in [2.24, 2.45) is 31.9 Å². The third-order valence-corrected chi connectivity index (χ3v) is 6.13. The van der Waals surface area contributed by atoms with Gasteiger partial charge >= 0.3 is 27.7 Å². The van der Waals surface area contributed by atoms with Gasteiger partial charge in [-0.25, -0.2) is 0 Å². The van der Waals surface area contributed by atoms with Crippen LogP contribution in [-0.4, -0.2) is 27.7 Å². The molecule has 2 saturated carbocycles. The largest absolute Gasteiger partial charge is 3.00 e. The Morgan fingerprint density at radius 1 is 0.511 bits per heavy atom. The summed E-state index contributed by atoms with van der Waals surface area (Å²) in [5, 5.41) is 28.4. The van der Waals surface area contributed by atoms with Crippen molar-refractivity contribution in [3.8, 4) is 0 Å². The van der Waals surface area contributed by atoms with Gasteiger partial charge in [0.05, 0.1) is 11.4 Å². The maximum Gasteiger partial charge on any atom is 3.00 e. The molecule has 0 unspecified atom stereocenters. The molecular weight excluding hydrogens is 612 g/mol. The number of nitrogens with zero attached hydrogens (tertiary/aromatic N) is 4. The van der Waals surface area contributed by atoms with Crippen molar-refractivity contribution in [1.82, 2.24) is 0 Å². The standard InChI is InChI=1S/C13H13N3O.C13H13N3S.2C5H5.Ti/c2*1-9(15-16-13(14)17)11-7-6-10-4-2-3-5-12(10)8-11;2*1-2-4-5-3-1;/h2*2-8H,1H3,(H3,14,16,17);2*1-5H;/q;;;;+3/p-1/b2*15-9+;;;. The fourth-order valence-electron chi connectivity index (χ4n) is 3.84. The van der Waals surface area contributed by atoms with Crippen molar-refractivity contribution in [3.63, 3.8) is 0 Å². The maximum absolute atomic E-state index is 8.74. The Hall–Kier alpha value is -3.59. The van der Waals surface area contributed by atoms with Gasteiger partial charge in [-0.2, -0.15) is 15.3 Å². The average molecular weight is 648 g/mol. The third kappa shape index (κ3) is 14.4. The second kappa shape index (κ2) is 21.2. The molecule has 2 aliphatic carbocycles. The fraction of sp³-hybridized carbons (Fsp3) is 0.0556. The van der Waals surface area contributed by atoms with E-state index in [1.54, 1.807) is 0 Å². The first kappa shape index (κ1) is 37.6. The SMILES string of the molecule is C/C(=N\N=C(\N)O)c1ccc2ccccc2c1.C/C(=N\N=C(\N)[S-])c1ccc2ccccc2c1.[CH]1[CH][CH][CH][CH]1.[CH]1[CH][CH][CH][CH]1.[Ti+3]. The van der Waals surface area contributed by atoms with Crippen LogP contribution in [0.3, 0.4) is 0 Å². The second-order valence-electron chi connectivity index (χ2n) is 9.32. The molecule has 4 aromatic carbocycles. The van der Waals surface area contributed by atoms with E-state index in [0.717, 1.165) is 22.2 Å². The van der Waals surface area contributed by atoms with Crippen molar-refractivity contribution >= 4 is 56.8 Å². The van der Waals surface area contributed by atoms with Gasteiger partial charge in [0.15, 0.2) is 0 Å². The predicted molar refractivity (Wildman–Crippen MR) is 189 cm³/mol. The Morgan fingerprint density at radius 3 is 1.18 bits per heavy atom. The second-order valence-corrected chi connectivity index (χ2v) is 9.73. The summed E-state index contributed by atoms with van der Waals surface area (Å²) in [6.45, 7) is 3.70. The van der Waals surface area contributed by atoms with E-state index >= 15 is 0 Å². The van der Waals surface area contributed by atoms with E-state index in [2.05, 4.69) is 63.4 Å². The van der Waals surface area contributed by atoms with E-state index in [0.29, 0.717) is 5.71 Å². The van der Waals surface area contributed by atoms with Gasteiger partial charge < -0.3 is 29.2 Å². The number of aliphatic hydroxyl groups is 1. The molecule has 223 valence electrons. The molecule has 4 aromatic rings. The van der Waals surface area contributed by atoms with Crippen molar-refractivity contribution in [3.05, 3.63) is 160 Å². The molecule has 2 fully saturated rings. The molecule has 0 atom stereocenters. The first-order valence-electron chi connectivity index (χ1n) is 13.8. The Morgan fingerprint density at radius 2 is 0.844 bits per heavy atom. The van der Waals surface area contributed by atoms with Crippen molar-refractivity contribution in [1.29, 1.82) is 0 Å². The summed E-state index contributed by atoms with van der Waals surface area (Å²) in [6.07, 6.45) is 20.0. The van der Waals surface area contributed by atoms with Crippen molar-refractivity contribution < 1.29 is 26.8 Å². The molecule has 45 heavy (non-hydrogen) atoms. The zero-order valence-electron chi connectivity index (χ0n) is 25.2. The number of hydrogen-bond donors (Lipinski definition) is 3. The molecular formula is C36H35N6OSTi+2. The summed E-state index contributed by atoms with van der Waals surface area (Å²) in [5.74, 6) is 0. The van der Waals surface area contributed by atoms with E-state index in [-0.39, 0.29) is 26.9 Å². The normalized spacial score (nSPS) is 15.2. The Labute approximate surface area is 288 Å². The first-order valence-corrected chi connectivity index (χ1v) is 14.2. The summed E-state index contributed by atoms with van der Waals surface area (Å²) < 4.78 is 0. The number of benzene rings is 4. The molecule has 11 radical (unpaired) electrons. The van der Waals surface area contributed by atoms with Gasteiger partial charge in [0, 0.05) is 0 Å². The van der Waals surface area contributed by atoms with Crippen LogP contribution in [0.1, 0.15) is 25.0 Å². The Kier molecular flexibility index (Phi) is 17.7. The van der Waals surface area contributed by atoms with Crippen LogP contribution in [0.5, 0.6) is 0 Å². The van der Waals surface area contributed by atoms with Gasteiger partial charge in [0.25, 0.3) is 0 Å².